The second-order valence-electron chi connectivity index (χ2n) is 4.49. The number of Topliss-reactive ketones (excluding diaryl/α,β-unsaturated/α-hetero) is 1. The first-order valence-electron chi connectivity index (χ1n) is 4.89. The lowest BCUT2D eigenvalue weighted by Crippen LogP contribution is -2.23. The van der Waals surface area contributed by atoms with Crippen LogP contribution in [0.1, 0.15) is 32.8 Å². The molecule has 1 aromatic carbocycles. The summed E-state index contributed by atoms with van der Waals surface area (Å²) in [6.45, 7) is 4.61. The Hall–Kier alpha value is -1.32. The van der Waals surface area contributed by atoms with Crippen LogP contribution in [0.5, 0.6) is 0 Å². The molecule has 0 saturated carbocycles. The SMILES string of the molecule is CC(=O)CC(C)(C)c1ccc(F)c(F)c1F. The topological polar surface area (TPSA) is 17.1 Å². The first-order valence-corrected chi connectivity index (χ1v) is 4.89. The molecule has 1 aromatic rings. The molecule has 0 saturated heterocycles. The van der Waals surface area contributed by atoms with Crippen molar-refractivity contribution >= 4 is 5.78 Å². The molecule has 0 bridgehead atoms. The molecule has 0 aliphatic rings. The number of carbonyl (C=O) groups is 1. The van der Waals surface area contributed by atoms with Gasteiger partial charge in [0.15, 0.2) is 17.5 Å². The summed E-state index contributed by atoms with van der Waals surface area (Å²) in [7, 11) is 0. The first-order chi connectivity index (χ1) is 7.25. The molecule has 0 spiro atoms. The zero-order valence-electron chi connectivity index (χ0n) is 9.40. The molecule has 1 nitrogen and oxygen atoms in total. The van der Waals surface area contributed by atoms with E-state index in [1.165, 1.54) is 13.0 Å². The minimum absolute atomic E-state index is 0.0154. The predicted molar refractivity (Wildman–Crippen MR) is 54.6 cm³/mol. The van der Waals surface area contributed by atoms with Crippen molar-refractivity contribution in [1.82, 2.24) is 0 Å². The summed E-state index contributed by atoms with van der Waals surface area (Å²) in [5.74, 6) is -4.06. The average Bonchev–Trinajstić information content (AvgIpc) is 2.11. The molecule has 0 aliphatic heterocycles. The maximum atomic E-state index is 13.5. The van der Waals surface area contributed by atoms with Crippen LogP contribution in [0.25, 0.3) is 0 Å². The van der Waals surface area contributed by atoms with E-state index in [1.807, 2.05) is 0 Å². The Morgan fingerprint density at radius 1 is 1.19 bits per heavy atom. The van der Waals surface area contributed by atoms with Gasteiger partial charge in [0.2, 0.25) is 0 Å². The lowest BCUT2D eigenvalue weighted by molar-refractivity contribution is -0.118. The largest absolute Gasteiger partial charge is 0.300 e. The fraction of sp³-hybridized carbons (Fsp3) is 0.417. The minimum atomic E-state index is -1.49. The van der Waals surface area contributed by atoms with E-state index in [0.29, 0.717) is 0 Å². The number of halogens is 3. The quantitative estimate of drug-likeness (QED) is 0.728. The molecular formula is C12H13F3O. The molecule has 0 N–H and O–H groups in total. The molecule has 0 heterocycles. The second kappa shape index (κ2) is 4.28. The smallest absolute Gasteiger partial charge is 0.194 e. The van der Waals surface area contributed by atoms with Gasteiger partial charge in [0.25, 0.3) is 0 Å². The number of ketones is 1. The van der Waals surface area contributed by atoms with Crippen LogP contribution in [0.2, 0.25) is 0 Å². The molecule has 0 radical (unpaired) electrons. The zero-order valence-corrected chi connectivity index (χ0v) is 9.40. The molecule has 88 valence electrons. The summed E-state index contributed by atoms with van der Waals surface area (Å²) in [6.07, 6.45) is 0.0784. The van der Waals surface area contributed by atoms with E-state index < -0.39 is 22.9 Å². The molecule has 1 rings (SSSR count). The van der Waals surface area contributed by atoms with E-state index >= 15 is 0 Å². The van der Waals surface area contributed by atoms with Gasteiger partial charge < -0.3 is 0 Å². The van der Waals surface area contributed by atoms with E-state index in [1.54, 1.807) is 13.8 Å². The van der Waals surface area contributed by atoms with Gasteiger partial charge in [-0.25, -0.2) is 13.2 Å². The maximum absolute atomic E-state index is 13.5. The van der Waals surface area contributed by atoms with Crippen molar-refractivity contribution in [2.24, 2.45) is 0 Å². The summed E-state index contributed by atoms with van der Waals surface area (Å²) in [5.41, 5.74) is -0.827. The molecule has 16 heavy (non-hydrogen) atoms. The van der Waals surface area contributed by atoms with Crippen molar-refractivity contribution in [3.05, 3.63) is 35.1 Å². The Balaban J connectivity index is 3.23. The van der Waals surface area contributed by atoms with Gasteiger partial charge in [0.1, 0.15) is 5.78 Å². The van der Waals surface area contributed by atoms with Crippen molar-refractivity contribution in [3.63, 3.8) is 0 Å². The van der Waals surface area contributed by atoms with Crippen molar-refractivity contribution in [2.45, 2.75) is 32.6 Å². The Bertz CT molecular complexity index is 425. The van der Waals surface area contributed by atoms with Crippen LogP contribution >= 0.6 is 0 Å². The van der Waals surface area contributed by atoms with Gasteiger partial charge in [-0.2, -0.15) is 0 Å². The molecular weight excluding hydrogens is 217 g/mol. The lowest BCUT2D eigenvalue weighted by atomic mass is 9.80. The van der Waals surface area contributed by atoms with Crippen molar-refractivity contribution in [2.75, 3.05) is 0 Å². The molecule has 0 fully saturated rings. The minimum Gasteiger partial charge on any atom is -0.300 e. The predicted octanol–water partition coefficient (Wildman–Crippen LogP) is 3.36. The molecule has 0 unspecified atom stereocenters. The molecule has 0 amide bonds. The van der Waals surface area contributed by atoms with Crippen molar-refractivity contribution in [3.8, 4) is 0 Å². The van der Waals surface area contributed by atoms with Gasteiger partial charge >= 0.3 is 0 Å². The third-order valence-corrected chi connectivity index (χ3v) is 2.46. The maximum Gasteiger partial charge on any atom is 0.194 e. The van der Waals surface area contributed by atoms with E-state index in [-0.39, 0.29) is 17.8 Å². The van der Waals surface area contributed by atoms with Gasteiger partial charge in [-0.1, -0.05) is 19.9 Å². The van der Waals surface area contributed by atoms with Crippen molar-refractivity contribution in [1.29, 1.82) is 0 Å². The van der Waals surface area contributed by atoms with Gasteiger partial charge in [0.05, 0.1) is 0 Å². The highest BCUT2D eigenvalue weighted by Gasteiger charge is 2.28. The standard InChI is InChI=1S/C12H13F3O/c1-7(16)6-12(2,3)8-4-5-9(13)11(15)10(8)14/h4-5H,6H2,1-3H3. The summed E-state index contributed by atoms with van der Waals surface area (Å²) in [4.78, 5) is 11.0. The number of rotatable bonds is 3. The molecule has 0 aliphatic carbocycles. The van der Waals surface area contributed by atoms with Gasteiger partial charge in [-0.3, -0.25) is 4.79 Å². The van der Waals surface area contributed by atoms with Crippen LogP contribution in [0.15, 0.2) is 12.1 Å². The van der Waals surface area contributed by atoms with Crippen molar-refractivity contribution < 1.29 is 18.0 Å². The summed E-state index contributed by atoms with van der Waals surface area (Å²) in [6, 6.07) is 2.05. The van der Waals surface area contributed by atoms with Crippen LogP contribution in [0.4, 0.5) is 13.2 Å². The van der Waals surface area contributed by atoms with Crippen LogP contribution in [0.3, 0.4) is 0 Å². The Labute approximate surface area is 92.3 Å². The third-order valence-electron chi connectivity index (χ3n) is 2.46. The van der Waals surface area contributed by atoms with Crippen LogP contribution in [-0.2, 0) is 10.2 Å². The molecule has 4 heteroatoms. The Morgan fingerprint density at radius 2 is 1.75 bits per heavy atom. The first kappa shape index (κ1) is 12.7. The summed E-state index contributed by atoms with van der Waals surface area (Å²) < 4.78 is 39.2. The van der Waals surface area contributed by atoms with Crippen LogP contribution in [0, 0.1) is 17.5 Å². The summed E-state index contributed by atoms with van der Waals surface area (Å²) in [5, 5.41) is 0. The Kier molecular flexibility index (Phi) is 3.41. The normalized spacial score (nSPS) is 11.6. The number of hydrogen-bond donors (Lipinski definition) is 0. The zero-order chi connectivity index (χ0) is 12.5. The molecule has 0 atom stereocenters. The molecule has 0 aromatic heterocycles. The van der Waals surface area contributed by atoms with E-state index in [4.69, 9.17) is 0 Å². The van der Waals surface area contributed by atoms with Gasteiger partial charge in [0, 0.05) is 6.42 Å². The Morgan fingerprint density at radius 3 is 2.25 bits per heavy atom. The van der Waals surface area contributed by atoms with Crippen LogP contribution in [-0.4, -0.2) is 5.78 Å². The fourth-order valence-electron chi connectivity index (χ4n) is 1.77. The number of carbonyl (C=O) groups excluding carboxylic acids is 1. The monoisotopic (exact) mass is 230 g/mol. The highest BCUT2D eigenvalue weighted by Crippen LogP contribution is 2.31. The average molecular weight is 230 g/mol. The number of hydrogen-bond acceptors (Lipinski definition) is 1. The fourth-order valence-corrected chi connectivity index (χ4v) is 1.77. The second-order valence-corrected chi connectivity index (χ2v) is 4.49. The van der Waals surface area contributed by atoms with Crippen LogP contribution < -0.4 is 0 Å². The lowest BCUT2D eigenvalue weighted by Gasteiger charge is -2.24. The number of benzene rings is 1. The van der Waals surface area contributed by atoms with Gasteiger partial charge in [-0.15, -0.1) is 0 Å². The highest BCUT2D eigenvalue weighted by atomic mass is 19.2. The third kappa shape index (κ3) is 2.43. The van der Waals surface area contributed by atoms with E-state index in [2.05, 4.69) is 0 Å². The summed E-state index contributed by atoms with van der Waals surface area (Å²) >= 11 is 0. The van der Waals surface area contributed by atoms with E-state index in [0.717, 1.165) is 6.07 Å². The van der Waals surface area contributed by atoms with E-state index in [9.17, 15) is 18.0 Å². The highest BCUT2D eigenvalue weighted by molar-refractivity contribution is 5.77. The van der Waals surface area contributed by atoms with Gasteiger partial charge in [-0.05, 0) is 24.0 Å².